The van der Waals surface area contributed by atoms with Gasteiger partial charge in [0.15, 0.2) is 6.61 Å². The average Bonchev–Trinajstić information content (AvgIpc) is 2.96. The standard InChI is InChI=1S/C21H17N3O5/c1-23-19(26)16-9-8-14(12-17(16)20(23)27)21(28)29-13-18(25)24(11-5-10-22)15-6-3-2-4-7-15/h2-4,6-9,12H,5,11,13H2,1H3. The van der Waals surface area contributed by atoms with E-state index in [2.05, 4.69) is 0 Å². The summed E-state index contributed by atoms with van der Waals surface area (Å²) in [5.41, 5.74) is 1.000. The number of fused-ring (bicyclic) bond motifs is 1. The predicted molar refractivity (Wildman–Crippen MR) is 102 cm³/mol. The highest BCUT2D eigenvalue weighted by Gasteiger charge is 2.33. The minimum Gasteiger partial charge on any atom is -0.452 e. The van der Waals surface area contributed by atoms with Gasteiger partial charge in [-0.2, -0.15) is 5.26 Å². The minimum absolute atomic E-state index is 0.0660. The fraction of sp³-hybridized carbons (Fsp3) is 0.190. The van der Waals surface area contributed by atoms with Gasteiger partial charge in [-0.3, -0.25) is 19.3 Å². The van der Waals surface area contributed by atoms with Gasteiger partial charge in [0.25, 0.3) is 17.7 Å². The highest BCUT2D eigenvalue weighted by Crippen LogP contribution is 2.23. The summed E-state index contributed by atoms with van der Waals surface area (Å²) in [6.07, 6.45) is 0.128. The van der Waals surface area contributed by atoms with E-state index in [4.69, 9.17) is 10.00 Å². The quantitative estimate of drug-likeness (QED) is 0.551. The number of nitriles is 1. The van der Waals surface area contributed by atoms with Crippen molar-refractivity contribution in [1.29, 1.82) is 5.26 Å². The molecule has 1 heterocycles. The van der Waals surface area contributed by atoms with Gasteiger partial charge in [0, 0.05) is 19.3 Å². The van der Waals surface area contributed by atoms with Crippen LogP contribution in [0.1, 0.15) is 37.5 Å². The zero-order chi connectivity index (χ0) is 21.0. The second-order valence-electron chi connectivity index (χ2n) is 6.29. The van der Waals surface area contributed by atoms with Gasteiger partial charge in [0.2, 0.25) is 0 Å². The molecule has 0 saturated heterocycles. The van der Waals surface area contributed by atoms with E-state index in [0.717, 1.165) is 4.90 Å². The van der Waals surface area contributed by atoms with Crippen molar-refractivity contribution in [1.82, 2.24) is 4.90 Å². The van der Waals surface area contributed by atoms with E-state index in [1.54, 1.807) is 30.3 Å². The summed E-state index contributed by atoms with van der Waals surface area (Å²) in [6, 6.07) is 14.8. The molecule has 0 atom stereocenters. The number of carbonyl (C=O) groups is 4. The molecular weight excluding hydrogens is 374 g/mol. The van der Waals surface area contributed by atoms with Gasteiger partial charge in [-0.15, -0.1) is 0 Å². The summed E-state index contributed by atoms with van der Waals surface area (Å²) < 4.78 is 5.10. The zero-order valence-electron chi connectivity index (χ0n) is 15.6. The topological polar surface area (TPSA) is 108 Å². The normalized spacial score (nSPS) is 12.3. The van der Waals surface area contributed by atoms with Crippen LogP contribution in [0.5, 0.6) is 0 Å². The number of amides is 3. The fourth-order valence-corrected chi connectivity index (χ4v) is 2.94. The van der Waals surface area contributed by atoms with Gasteiger partial charge in [-0.25, -0.2) is 4.79 Å². The molecule has 0 spiro atoms. The third-order valence-electron chi connectivity index (χ3n) is 4.47. The maximum atomic E-state index is 12.5. The average molecular weight is 391 g/mol. The van der Waals surface area contributed by atoms with Crippen molar-refractivity contribution >= 4 is 29.4 Å². The Morgan fingerprint density at radius 2 is 1.76 bits per heavy atom. The molecule has 0 unspecified atom stereocenters. The molecule has 3 rings (SSSR count). The van der Waals surface area contributed by atoms with E-state index in [1.807, 2.05) is 6.07 Å². The lowest BCUT2D eigenvalue weighted by atomic mass is 10.1. The van der Waals surface area contributed by atoms with E-state index in [0.29, 0.717) is 5.69 Å². The van der Waals surface area contributed by atoms with Crippen LogP contribution in [-0.2, 0) is 9.53 Å². The lowest BCUT2D eigenvalue weighted by molar-refractivity contribution is -0.121. The van der Waals surface area contributed by atoms with Crippen molar-refractivity contribution in [3.05, 3.63) is 65.2 Å². The van der Waals surface area contributed by atoms with E-state index >= 15 is 0 Å². The molecule has 0 aliphatic carbocycles. The van der Waals surface area contributed by atoms with Crippen molar-refractivity contribution in [2.45, 2.75) is 6.42 Å². The molecule has 0 N–H and O–H groups in total. The summed E-state index contributed by atoms with van der Waals surface area (Å²) in [5.74, 6) is -2.20. The van der Waals surface area contributed by atoms with E-state index in [1.165, 1.54) is 30.1 Å². The molecule has 2 aromatic carbocycles. The number of rotatable bonds is 6. The highest BCUT2D eigenvalue weighted by molar-refractivity contribution is 6.21. The second kappa shape index (κ2) is 8.35. The molecule has 146 valence electrons. The molecule has 1 aliphatic rings. The number of hydrogen-bond acceptors (Lipinski definition) is 6. The third-order valence-corrected chi connectivity index (χ3v) is 4.47. The largest absolute Gasteiger partial charge is 0.452 e. The first-order valence-corrected chi connectivity index (χ1v) is 8.80. The van der Waals surface area contributed by atoms with Crippen LogP contribution in [0, 0.1) is 11.3 Å². The Morgan fingerprint density at radius 1 is 1.07 bits per heavy atom. The Morgan fingerprint density at radius 3 is 2.45 bits per heavy atom. The minimum atomic E-state index is -0.788. The van der Waals surface area contributed by atoms with E-state index in [-0.39, 0.29) is 29.7 Å². The van der Waals surface area contributed by atoms with Crippen molar-refractivity contribution < 1.29 is 23.9 Å². The molecule has 0 aromatic heterocycles. The van der Waals surface area contributed by atoms with Crippen LogP contribution in [0.2, 0.25) is 0 Å². The number of hydrogen-bond donors (Lipinski definition) is 0. The second-order valence-corrected chi connectivity index (χ2v) is 6.29. The summed E-state index contributed by atoms with van der Waals surface area (Å²) >= 11 is 0. The smallest absolute Gasteiger partial charge is 0.338 e. The van der Waals surface area contributed by atoms with Crippen molar-refractivity contribution in [2.24, 2.45) is 0 Å². The summed E-state index contributed by atoms with van der Waals surface area (Å²) in [6.45, 7) is -0.359. The molecule has 3 amide bonds. The highest BCUT2D eigenvalue weighted by atomic mass is 16.5. The molecule has 0 saturated carbocycles. The van der Waals surface area contributed by atoms with Gasteiger partial charge < -0.3 is 9.64 Å². The monoisotopic (exact) mass is 391 g/mol. The predicted octanol–water partition coefficient (Wildman–Crippen LogP) is 2.02. The Hall–Kier alpha value is -3.99. The van der Waals surface area contributed by atoms with E-state index in [9.17, 15) is 19.2 Å². The number of nitrogens with zero attached hydrogens (tertiary/aromatic N) is 3. The van der Waals surface area contributed by atoms with Gasteiger partial charge in [0.1, 0.15) is 0 Å². The molecule has 1 aliphatic heterocycles. The Balaban J connectivity index is 1.70. The number of benzene rings is 2. The van der Waals surface area contributed by atoms with Crippen LogP contribution in [0.15, 0.2) is 48.5 Å². The lowest BCUT2D eigenvalue weighted by Crippen LogP contribution is -2.35. The Labute approximate surface area is 166 Å². The number of ether oxygens (including phenoxy) is 1. The summed E-state index contributed by atoms with van der Waals surface area (Å²) in [5, 5.41) is 8.82. The summed E-state index contributed by atoms with van der Waals surface area (Å²) in [4.78, 5) is 51.2. The molecule has 0 bridgehead atoms. The molecule has 0 fully saturated rings. The van der Waals surface area contributed by atoms with Crippen molar-refractivity contribution in [3.8, 4) is 6.07 Å². The summed E-state index contributed by atoms with van der Waals surface area (Å²) in [7, 11) is 1.36. The number of esters is 1. The maximum absolute atomic E-state index is 12.5. The van der Waals surface area contributed by atoms with Crippen molar-refractivity contribution in [3.63, 3.8) is 0 Å². The molecule has 0 radical (unpaired) electrons. The molecular formula is C21H17N3O5. The Kier molecular flexibility index (Phi) is 5.69. The van der Waals surface area contributed by atoms with Crippen LogP contribution >= 0.6 is 0 Å². The van der Waals surface area contributed by atoms with Gasteiger partial charge >= 0.3 is 5.97 Å². The van der Waals surface area contributed by atoms with Crippen LogP contribution < -0.4 is 4.90 Å². The van der Waals surface area contributed by atoms with Crippen LogP contribution in [0.3, 0.4) is 0 Å². The number of para-hydroxylation sites is 1. The molecule has 8 nitrogen and oxygen atoms in total. The third kappa shape index (κ3) is 3.99. The number of imide groups is 1. The number of carbonyl (C=O) groups excluding carboxylic acids is 4. The molecule has 29 heavy (non-hydrogen) atoms. The zero-order valence-corrected chi connectivity index (χ0v) is 15.6. The lowest BCUT2D eigenvalue weighted by Gasteiger charge is -2.21. The van der Waals surface area contributed by atoms with E-state index < -0.39 is 30.3 Å². The van der Waals surface area contributed by atoms with Crippen LogP contribution in [-0.4, -0.2) is 48.8 Å². The van der Waals surface area contributed by atoms with Gasteiger partial charge in [-0.05, 0) is 30.3 Å². The van der Waals surface area contributed by atoms with Gasteiger partial charge in [0.05, 0.1) is 29.2 Å². The fourth-order valence-electron chi connectivity index (χ4n) is 2.94. The first kappa shape index (κ1) is 19.8. The molecule has 2 aromatic rings. The first-order chi connectivity index (χ1) is 13.9. The van der Waals surface area contributed by atoms with Gasteiger partial charge in [-0.1, -0.05) is 18.2 Å². The SMILES string of the molecule is CN1C(=O)c2ccc(C(=O)OCC(=O)N(CCC#N)c3ccccc3)cc2C1=O. The molecule has 8 heteroatoms. The van der Waals surface area contributed by atoms with Crippen molar-refractivity contribution in [2.75, 3.05) is 25.1 Å². The van der Waals surface area contributed by atoms with Crippen LogP contribution in [0.25, 0.3) is 0 Å². The maximum Gasteiger partial charge on any atom is 0.338 e. The van der Waals surface area contributed by atoms with Crippen LogP contribution in [0.4, 0.5) is 5.69 Å². The number of anilines is 1. The first-order valence-electron chi connectivity index (χ1n) is 8.80. The Bertz CT molecular complexity index is 1030.